The minimum absolute atomic E-state index is 0.106. The van der Waals surface area contributed by atoms with Gasteiger partial charge in [-0.2, -0.15) is 11.8 Å². The molecule has 0 aliphatic carbocycles. The topological polar surface area (TPSA) is 66.3 Å². The fourth-order valence-corrected chi connectivity index (χ4v) is 2.94. The molecular formula is C11H14FN3O2S. The highest BCUT2D eigenvalue weighted by molar-refractivity contribution is 7.99. The van der Waals surface area contributed by atoms with Crippen LogP contribution in [0.15, 0.2) is 6.33 Å². The molecule has 1 N–H and O–H groups in total. The average molecular weight is 271 g/mol. The third-order valence-electron chi connectivity index (χ3n) is 2.86. The number of carboxylic acids is 1. The molecule has 0 spiro atoms. The van der Waals surface area contributed by atoms with Crippen molar-refractivity contribution in [3.63, 3.8) is 0 Å². The first-order valence-corrected chi connectivity index (χ1v) is 6.87. The zero-order chi connectivity index (χ0) is 13.1. The van der Waals surface area contributed by atoms with Gasteiger partial charge in [-0.15, -0.1) is 0 Å². The molecule has 5 nitrogen and oxygen atoms in total. The summed E-state index contributed by atoms with van der Waals surface area (Å²) in [4.78, 5) is 20.5. The zero-order valence-corrected chi connectivity index (χ0v) is 10.8. The van der Waals surface area contributed by atoms with E-state index in [1.165, 1.54) is 11.2 Å². The third kappa shape index (κ3) is 2.40. The molecular weight excluding hydrogens is 257 g/mol. The number of carbonyl (C=O) groups is 1. The van der Waals surface area contributed by atoms with Crippen molar-refractivity contribution in [1.29, 1.82) is 0 Å². The van der Waals surface area contributed by atoms with Crippen LogP contribution in [0.4, 0.5) is 10.2 Å². The Kier molecular flexibility index (Phi) is 4.00. The van der Waals surface area contributed by atoms with Gasteiger partial charge in [-0.1, -0.05) is 6.92 Å². The molecule has 1 aromatic rings. The summed E-state index contributed by atoms with van der Waals surface area (Å²) in [5.41, 5.74) is 0.322. The third-order valence-corrected chi connectivity index (χ3v) is 3.89. The van der Waals surface area contributed by atoms with Gasteiger partial charge in [0.05, 0.1) is 5.69 Å². The molecule has 0 bridgehead atoms. The number of hydrogen-bond donors (Lipinski definition) is 1. The van der Waals surface area contributed by atoms with Gasteiger partial charge in [0, 0.05) is 18.1 Å². The Morgan fingerprint density at radius 2 is 2.44 bits per heavy atom. The molecule has 0 saturated carbocycles. The molecule has 1 unspecified atom stereocenters. The van der Waals surface area contributed by atoms with E-state index in [9.17, 15) is 9.18 Å². The summed E-state index contributed by atoms with van der Waals surface area (Å²) in [6.45, 7) is 2.29. The number of nitrogens with zero attached hydrogens (tertiary/aromatic N) is 3. The molecule has 98 valence electrons. The number of rotatable bonds is 3. The number of carboxylic acid groups (broad SMARTS) is 1. The highest BCUT2D eigenvalue weighted by Crippen LogP contribution is 2.25. The van der Waals surface area contributed by atoms with Gasteiger partial charge in [-0.05, 0) is 6.42 Å². The first kappa shape index (κ1) is 13.1. The van der Waals surface area contributed by atoms with Crippen molar-refractivity contribution in [2.45, 2.75) is 19.4 Å². The second kappa shape index (κ2) is 5.51. The first-order valence-electron chi connectivity index (χ1n) is 5.71. The number of halogens is 1. The van der Waals surface area contributed by atoms with Crippen molar-refractivity contribution >= 4 is 23.5 Å². The van der Waals surface area contributed by atoms with Gasteiger partial charge in [0.1, 0.15) is 12.4 Å². The number of aliphatic carboxylic acids is 1. The Morgan fingerprint density at radius 3 is 3.11 bits per heavy atom. The smallest absolute Gasteiger partial charge is 0.327 e. The number of aryl methyl sites for hydroxylation is 1. The fourth-order valence-electron chi connectivity index (χ4n) is 1.90. The van der Waals surface area contributed by atoms with E-state index in [1.54, 1.807) is 18.7 Å². The summed E-state index contributed by atoms with van der Waals surface area (Å²) in [6.07, 6.45) is 1.75. The van der Waals surface area contributed by atoms with Crippen molar-refractivity contribution in [2.24, 2.45) is 0 Å². The van der Waals surface area contributed by atoms with Crippen molar-refractivity contribution in [1.82, 2.24) is 9.97 Å². The van der Waals surface area contributed by atoms with Gasteiger partial charge in [-0.25, -0.2) is 19.2 Å². The largest absolute Gasteiger partial charge is 0.480 e. The molecule has 2 heterocycles. The number of thioether (sulfide) groups is 1. The monoisotopic (exact) mass is 271 g/mol. The van der Waals surface area contributed by atoms with E-state index in [1.807, 2.05) is 0 Å². The quantitative estimate of drug-likeness (QED) is 0.890. The summed E-state index contributed by atoms with van der Waals surface area (Å²) in [5, 5.41) is 9.17. The highest BCUT2D eigenvalue weighted by Gasteiger charge is 2.32. The molecule has 1 saturated heterocycles. The van der Waals surface area contributed by atoms with Crippen LogP contribution in [0.5, 0.6) is 0 Å². The van der Waals surface area contributed by atoms with E-state index in [2.05, 4.69) is 9.97 Å². The van der Waals surface area contributed by atoms with Crippen LogP contribution in [0.1, 0.15) is 12.6 Å². The van der Waals surface area contributed by atoms with Crippen LogP contribution in [-0.4, -0.2) is 45.1 Å². The lowest BCUT2D eigenvalue weighted by Gasteiger charge is -2.33. The molecule has 1 aliphatic rings. The van der Waals surface area contributed by atoms with Crippen molar-refractivity contribution in [2.75, 3.05) is 23.0 Å². The van der Waals surface area contributed by atoms with Crippen LogP contribution in [0.25, 0.3) is 0 Å². The predicted octanol–water partition coefficient (Wildman–Crippen LogP) is 1.18. The first-order chi connectivity index (χ1) is 8.65. The Morgan fingerprint density at radius 1 is 1.67 bits per heavy atom. The Labute approximate surface area is 108 Å². The molecule has 0 amide bonds. The Bertz CT molecular complexity index is 458. The van der Waals surface area contributed by atoms with Gasteiger partial charge in [0.25, 0.3) is 0 Å². The molecule has 1 atom stereocenters. The SMILES string of the molecule is CCc1ncnc(N2CCSCC2C(=O)O)c1F. The summed E-state index contributed by atoms with van der Waals surface area (Å²) in [7, 11) is 0. The highest BCUT2D eigenvalue weighted by atomic mass is 32.2. The van der Waals surface area contributed by atoms with E-state index < -0.39 is 17.8 Å². The average Bonchev–Trinajstić information content (AvgIpc) is 2.39. The van der Waals surface area contributed by atoms with Crippen LogP contribution in [0.3, 0.4) is 0 Å². The molecule has 1 fully saturated rings. The predicted molar refractivity (Wildman–Crippen MR) is 67.5 cm³/mol. The Hall–Kier alpha value is -1.37. The van der Waals surface area contributed by atoms with Gasteiger partial charge >= 0.3 is 5.97 Å². The summed E-state index contributed by atoms with van der Waals surface area (Å²) >= 11 is 1.56. The van der Waals surface area contributed by atoms with E-state index in [0.29, 0.717) is 24.4 Å². The van der Waals surface area contributed by atoms with Gasteiger partial charge in [0.2, 0.25) is 0 Å². The minimum atomic E-state index is -0.946. The van der Waals surface area contributed by atoms with Crippen molar-refractivity contribution in [3.05, 3.63) is 17.8 Å². The van der Waals surface area contributed by atoms with Crippen LogP contribution in [0, 0.1) is 5.82 Å². The molecule has 0 aromatic carbocycles. The lowest BCUT2D eigenvalue weighted by Crippen LogP contribution is -2.48. The molecule has 2 rings (SSSR count). The Balaban J connectivity index is 2.36. The zero-order valence-electron chi connectivity index (χ0n) is 9.97. The number of anilines is 1. The fraction of sp³-hybridized carbons (Fsp3) is 0.545. The second-order valence-electron chi connectivity index (χ2n) is 3.93. The van der Waals surface area contributed by atoms with Crippen LogP contribution in [-0.2, 0) is 11.2 Å². The second-order valence-corrected chi connectivity index (χ2v) is 5.08. The lowest BCUT2D eigenvalue weighted by atomic mass is 10.2. The molecule has 18 heavy (non-hydrogen) atoms. The van der Waals surface area contributed by atoms with Crippen molar-refractivity contribution in [3.8, 4) is 0 Å². The maximum absolute atomic E-state index is 14.1. The van der Waals surface area contributed by atoms with E-state index >= 15 is 0 Å². The normalized spacial score (nSPS) is 19.9. The minimum Gasteiger partial charge on any atom is -0.480 e. The van der Waals surface area contributed by atoms with Crippen LogP contribution >= 0.6 is 11.8 Å². The summed E-state index contributed by atoms with van der Waals surface area (Å²) < 4.78 is 14.1. The number of aromatic nitrogens is 2. The van der Waals surface area contributed by atoms with Gasteiger partial charge in [-0.3, -0.25) is 0 Å². The molecule has 0 radical (unpaired) electrons. The van der Waals surface area contributed by atoms with Crippen LogP contribution < -0.4 is 4.90 Å². The molecule has 1 aromatic heterocycles. The molecule has 1 aliphatic heterocycles. The van der Waals surface area contributed by atoms with Crippen molar-refractivity contribution < 1.29 is 14.3 Å². The standard InChI is InChI=1S/C11H14FN3O2S/c1-2-7-9(12)10(14-6-13-7)15-3-4-18-5-8(15)11(16)17/h6,8H,2-5H2,1H3,(H,16,17). The summed E-state index contributed by atoms with van der Waals surface area (Å²) in [5.74, 6) is -0.125. The van der Waals surface area contributed by atoms with Gasteiger partial charge in [0.15, 0.2) is 11.6 Å². The van der Waals surface area contributed by atoms with E-state index in [0.717, 1.165) is 5.75 Å². The van der Waals surface area contributed by atoms with Crippen LogP contribution in [0.2, 0.25) is 0 Å². The van der Waals surface area contributed by atoms with E-state index in [4.69, 9.17) is 5.11 Å². The lowest BCUT2D eigenvalue weighted by molar-refractivity contribution is -0.138. The maximum atomic E-state index is 14.1. The maximum Gasteiger partial charge on any atom is 0.327 e. The summed E-state index contributed by atoms with van der Waals surface area (Å²) in [6, 6.07) is -0.724. The number of hydrogen-bond acceptors (Lipinski definition) is 5. The van der Waals surface area contributed by atoms with Gasteiger partial charge < -0.3 is 10.0 Å². The van der Waals surface area contributed by atoms with E-state index in [-0.39, 0.29) is 5.82 Å². The molecule has 7 heteroatoms.